The first-order valence-electron chi connectivity index (χ1n) is 6.98. The average molecular weight is 251 g/mol. The van der Waals surface area contributed by atoms with Crippen molar-refractivity contribution in [2.45, 2.75) is 64.1 Å². The van der Waals surface area contributed by atoms with Crippen LogP contribution in [0.3, 0.4) is 0 Å². The Morgan fingerprint density at radius 1 is 1.61 bits per heavy atom. The lowest BCUT2D eigenvalue weighted by atomic mass is 9.94. The second kappa shape index (κ2) is 5.41. The minimum Gasteiger partial charge on any atom is -0.394 e. The minimum absolute atomic E-state index is 0.185. The number of aliphatic hydroxyl groups excluding tert-OH is 1. The Labute approximate surface area is 109 Å². The largest absolute Gasteiger partial charge is 0.394 e. The summed E-state index contributed by atoms with van der Waals surface area (Å²) in [4.78, 5) is 4.36. The van der Waals surface area contributed by atoms with Crippen LogP contribution in [0.2, 0.25) is 0 Å². The Morgan fingerprint density at radius 2 is 2.33 bits per heavy atom. The SMILES string of the molecule is CCc1nccn1C(C)CC(C)(CO)NC1CC1. The van der Waals surface area contributed by atoms with E-state index >= 15 is 0 Å². The number of aromatic nitrogens is 2. The van der Waals surface area contributed by atoms with Crippen molar-refractivity contribution in [1.29, 1.82) is 0 Å². The highest BCUT2D eigenvalue weighted by molar-refractivity contribution is 4.98. The summed E-state index contributed by atoms with van der Waals surface area (Å²) in [5, 5.41) is 13.2. The molecular weight excluding hydrogens is 226 g/mol. The number of aliphatic hydroxyl groups is 1. The molecule has 0 saturated heterocycles. The molecule has 1 aromatic rings. The lowest BCUT2D eigenvalue weighted by molar-refractivity contribution is 0.148. The normalized spacial score (nSPS) is 20.7. The molecule has 0 radical (unpaired) electrons. The Bertz CT molecular complexity index is 386. The van der Waals surface area contributed by atoms with Gasteiger partial charge in [0.15, 0.2) is 0 Å². The number of rotatable bonds is 7. The van der Waals surface area contributed by atoms with Gasteiger partial charge in [-0.15, -0.1) is 0 Å². The van der Waals surface area contributed by atoms with Gasteiger partial charge in [-0.25, -0.2) is 4.98 Å². The summed E-state index contributed by atoms with van der Waals surface area (Å²) in [6, 6.07) is 0.966. The standard InChI is InChI=1S/C14H25N3O/c1-4-13-15-7-8-17(13)11(2)9-14(3,10-18)16-12-5-6-12/h7-8,11-12,16,18H,4-6,9-10H2,1-3H3. The van der Waals surface area contributed by atoms with Crippen LogP contribution < -0.4 is 5.32 Å². The zero-order valence-electron chi connectivity index (χ0n) is 11.7. The number of nitrogens with zero attached hydrogens (tertiary/aromatic N) is 2. The molecule has 102 valence electrons. The molecule has 0 aliphatic heterocycles. The quantitative estimate of drug-likeness (QED) is 0.778. The van der Waals surface area contributed by atoms with Crippen molar-refractivity contribution in [3.8, 4) is 0 Å². The smallest absolute Gasteiger partial charge is 0.108 e. The van der Waals surface area contributed by atoms with Crippen LogP contribution in [-0.4, -0.2) is 32.8 Å². The Kier molecular flexibility index (Phi) is 4.07. The monoisotopic (exact) mass is 251 g/mol. The molecule has 18 heavy (non-hydrogen) atoms. The Hall–Kier alpha value is -0.870. The highest BCUT2D eigenvalue weighted by Gasteiger charge is 2.33. The van der Waals surface area contributed by atoms with Gasteiger partial charge in [-0.05, 0) is 33.1 Å². The van der Waals surface area contributed by atoms with Crippen LogP contribution in [0.15, 0.2) is 12.4 Å². The maximum Gasteiger partial charge on any atom is 0.108 e. The van der Waals surface area contributed by atoms with Gasteiger partial charge < -0.3 is 15.0 Å². The third-order valence-electron chi connectivity index (χ3n) is 3.76. The summed E-state index contributed by atoms with van der Waals surface area (Å²) in [5.74, 6) is 1.12. The van der Waals surface area contributed by atoms with Crippen molar-refractivity contribution in [1.82, 2.24) is 14.9 Å². The summed E-state index contributed by atoms with van der Waals surface area (Å²) in [5.41, 5.74) is -0.185. The molecule has 1 aliphatic carbocycles. The molecule has 2 unspecified atom stereocenters. The third-order valence-corrected chi connectivity index (χ3v) is 3.76. The molecule has 2 atom stereocenters. The van der Waals surface area contributed by atoms with Crippen LogP contribution in [0.4, 0.5) is 0 Å². The predicted molar refractivity (Wildman–Crippen MR) is 72.6 cm³/mol. The lowest BCUT2D eigenvalue weighted by Gasteiger charge is -2.32. The fraction of sp³-hybridized carbons (Fsp3) is 0.786. The molecule has 0 bridgehead atoms. The van der Waals surface area contributed by atoms with Crippen molar-refractivity contribution >= 4 is 0 Å². The van der Waals surface area contributed by atoms with Crippen LogP contribution in [0.25, 0.3) is 0 Å². The van der Waals surface area contributed by atoms with E-state index in [1.165, 1.54) is 12.8 Å². The van der Waals surface area contributed by atoms with Gasteiger partial charge in [0.1, 0.15) is 5.82 Å². The highest BCUT2D eigenvalue weighted by atomic mass is 16.3. The summed E-state index contributed by atoms with van der Waals surface area (Å²) in [7, 11) is 0. The second-order valence-electron chi connectivity index (χ2n) is 5.79. The first kappa shape index (κ1) is 13.6. The molecule has 2 N–H and O–H groups in total. The van der Waals surface area contributed by atoms with Crippen molar-refractivity contribution in [2.75, 3.05) is 6.61 Å². The number of nitrogens with one attached hydrogen (secondary N) is 1. The molecule has 4 heteroatoms. The number of hydrogen-bond donors (Lipinski definition) is 2. The highest BCUT2D eigenvalue weighted by Crippen LogP contribution is 2.27. The van der Waals surface area contributed by atoms with Gasteiger partial charge in [-0.1, -0.05) is 6.92 Å². The predicted octanol–water partition coefficient (Wildman–Crippen LogP) is 1.90. The van der Waals surface area contributed by atoms with Gasteiger partial charge in [0, 0.05) is 36.4 Å². The topological polar surface area (TPSA) is 50.1 Å². The zero-order chi connectivity index (χ0) is 13.2. The zero-order valence-corrected chi connectivity index (χ0v) is 11.7. The van der Waals surface area contributed by atoms with E-state index in [9.17, 15) is 5.11 Å². The molecule has 1 saturated carbocycles. The summed E-state index contributed by atoms with van der Waals surface area (Å²) in [6.45, 7) is 6.62. The van der Waals surface area contributed by atoms with Gasteiger partial charge in [0.05, 0.1) is 6.61 Å². The van der Waals surface area contributed by atoms with Crippen molar-refractivity contribution in [2.24, 2.45) is 0 Å². The van der Waals surface area contributed by atoms with Gasteiger partial charge in [0.2, 0.25) is 0 Å². The Morgan fingerprint density at radius 3 is 2.89 bits per heavy atom. The molecule has 1 aliphatic rings. The van der Waals surface area contributed by atoms with Crippen LogP contribution in [0.1, 0.15) is 51.9 Å². The fourth-order valence-corrected chi connectivity index (χ4v) is 2.66. The van der Waals surface area contributed by atoms with E-state index in [1.54, 1.807) is 0 Å². The number of imidazole rings is 1. The molecule has 0 spiro atoms. The molecule has 1 heterocycles. The summed E-state index contributed by atoms with van der Waals surface area (Å²) < 4.78 is 2.22. The Balaban J connectivity index is 2.01. The first-order valence-corrected chi connectivity index (χ1v) is 6.98. The number of aryl methyl sites for hydroxylation is 1. The fourth-order valence-electron chi connectivity index (χ4n) is 2.66. The van der Waals surface area contributed by atoms with E-state index in [2.05, 4.69) is 35.6 Å². The maximum atomic E-state index is 9.65. The van der Waals surface area contributed by atoms with Gasteiger partial charge in [-0.2, -0.15) is 0 Å². The van der Waals surface area contributed by atoms with Crippen molar-refractivity contribution in [3.63, 3.8) is 0 Å². The molecule has 1 fully saturated rings. The average Bonchev–Trinajstić information content (AvgIpc) is 3.01. The van der Waals surface area contributed by atoms with Crippen molar-refractivity contribution in [3.05, 3.63) is 18.2 Å². The van der Waals surface area contributed by atoms with Crippen LogP contribution in [0, 0.1) is 0 Å². The van der Waals surface area contributed by atoms with Crippen molar-refractivity contribution < 1.29 is 5.11 Å². The van der Waals surface area contributed by atoms with Gasteiger partial charge >= 0.3 is 0 Å². The van der Waals surface area contributed by atoms with E-state index in [-0.39, 0.29) is 12.1 Å². The van der Waals surface area contributed by atoms with Gasteiger partial charge in [0.25, 0.3) is 0 Å². The van der Waals surface area contributed by atoms with E-state index < -0.39 is 0 Å². The lowest BCUT2D eigenvalue weighted by Crippen LogP contribution is -2.48. The van der Waals surface area contributed by atoms with E-state index in [1.807, 2.05) is 12.4 Å². The minimum atomic E-state index is -0.185. The first-order chi connectivity index (χ1) is 8.58. The number of hydrogen-bond acceptors (Lipinski definition) is 3. The van der Waals surface area contributed by atoms with Crippen LogP contribution in [0.5, 0.6) is 0 Å². The molecule has 0 amide bonds. The summed E-state index contributed by atoms with van der Waals surface area (Å²) in [6.07, 6.45) is 8.26. The molecule has 0 aromatic carbocycles. The van der Waals surface area contributed by atoms with Gasteiger partial charge in [-0.3, -0.25) is 0 Å². The second-order valence-corrected chi connectivity index (χ2v) is 5.79. The van der Waals surface area contributed by atoms with Crippen LogP contribution in [-0.2, 0) is 6.42 Å². The molecule has 4 nitrogen and oxygen atoms in total. The molecular formula is C14H25N3O. The van der Waals surface area contributed by atoms with E-state index in [0.717, 1.165) is 18.7 Å². The van der Waals surface area contributed by atoms with E-state index in [4.69, 9.17) is 0 Å². The third kappa shape index (κ3) is 3.12. The maximum absolute atomic E-state index is 9.65. The van der Waals surface area contributed by atoms with Crippen LogP contribution >= 0.6 is 0 Å². The van der Waals surface area contributed by atoms with E-state index in [0.29, 0.717) is 12.1 Å². The summed E-state index contributed by atoms with van der Waals surface area (Å²) >= 11 is 0. The molecule has 1 aromatic heterocycles. The molecule has 2 rings (SSSR count).